The number of aromatic amines is 1. The van der Waals surface area contributed by atoms with Crippen LogP contribution in [0.2, 0.25) is 0 Å². The van der Waals surface area contributed by atoms with Crippen LogP contribution in [0.25, 0.3) is 11.1 Å². The molecule has 2 aromatic heterocycles. The number of nitrogens with one attached hydrogen (secondary N) is 1. The Labute approximate surface area is 159 Å². The number of aromatic nitrogens is 2. The average molecular weight is 361 g/mol. The van der Waals surface area contributed by atoms with Gasteiger partial charge in [0, 0.05) is 36.6 Å². The SMILES string of the molecule is Cc1ccc(OC(=O)N2CCC(c3cc(-c4ccccc4)c[nH]3)CC2)cn1. The van der Waals surface area contributed by atoms with Crippen molar-refractivity contribution in [2.45, 2.75) is 25.7 Å². The number of H-pyrrole nitrogens is 1. The van der Waals surface area contributed by atoms with Crippen LogP contribution in [-0.4, -0.2) is 34.1 Å². The molecule has 5 heteroatoms. The molecule has 1 aliphatic rings. The molecule has 4 rings (SSSR count). The molecule has 0 bridgehead atoms. The van der Waals surface area contributed by atoms with E-state index in [1.807, 2.05) is 19.1 Å². The van der Waals surface area contributed by atoms with E-state index in [-0.39, 0.29) is 6.09 Å². The van der Waals surface area contributed by atoms with Gasteiger partial charge in [-0.2, -0.15) is 0 Å². The van der Waals surface area contributed by atoms with Crippen LogP contribution in [0.3, 0.4) is 0 Å². The molecule has 1 fully saturated rings. The molecule has 1 N–H and O–H groups in total. The van der Waals surface area contributed by atoms with Gasteiger partial charge >= 0.3 is 6.09 Å². The number of hydrogen-bond acceptors (Lipinski definition) is 3. The molecular weight excluding hydrogens is 338 g/mol. The summed E-state index contributed by atoms with van der Waals surface area (Å²) in [5.74, 6) is 0.928. The first-order valence-corrected chi connectivity index (χ1v) is 9.32. The number of nitrogens with zero attached hydrogens (tertiary/aromatic N) is 2. The fourth-order valence-electron chi connectivity index (χ4n) is 3.50. The maximum Gasteiger partial charge on any atom is 0.415 e. The lowest BCUT2D eigenvalue weighted by Crippen LogP contribution is -2.39. The molecule has 0 aliphatic carbocycles. The smallest absolute Gasteiger partial charge is 0.409 e. The first-order chi connectivity index (χ1) is 13.2. The largest absolute Gasteiger partial charge is 0.415 e. The first kappa shape index (κ1) is 17.3. The van der Waals surface area contributed by atoms with Gasteiger partial charge in [-0.05, 0) is 49.1 Å². The van der Waals surface area contributed by atoms with Gasteiger partial charge in [0.15, 0.2) is 5.75 Å². The van der Waals surface area contributed by atoms with E-state index in [1.54, 1.807) is 17.2 Å². The van der Waals surface area contributed by atoms with Crippen LogP contribution in [0.15, 0.2) is 60.9 Å². The summed E-state index contributed by atoms with van der Waals surface area (Å²) < 4.78 is 5.43. The zero-order chi connectivity index (χ0) is 18.6. The number of pyridine rings is 1. The highest BCUT2D eigenvalue weighted by Gasteiger charge is 2.26. The van der Waals surface area contributed by atoms with Gasteiger partial charge in [-0.3, -0.25) is 4.98 Å². The van der Waals surface area contributed by atoms with Gasteiger partial charge in [0.1, 0.15) is 0 Å². The lowest BCUT2D eigenvalue weighted by Gasteiger charge is -2.30. The molecule has 138 valence electrons. The molecule has 3 heterocycles. The highest BCUT2D eigenvalue weighted by Crippen LogP contribution is 2.30. The van der Waals surface area contributed by atoms with Crippen molar-refractivity contribution in [2.24, 2.45) is 0 Å². The summed E-state index contributed by atoms with van der Waals surface area (Å²) in [5.41, 5.74) is 4.56. The van der Waals surface area contributed by atoms with Crippen molar-refractivity contribution in [3.05, 3.63) is 72.3 Å². The average Bonchev–Trinajstić information content (AvgIpc) is 3.21. The van der Waals surface area contributed by atoms with Crippen molar-refractivity contribution >= 4 is 6.09 Å². The third kappa shape index (κ3) is 4.03. The monoisotopic (exact) mass is 361 g/mol. The zero-order valence-electron chi connectivity index (χ0n) is 15.4. The van der Waals surface area contributed by atoms with Gasteiger partial charge in [0.2, 0.25) is 0 Å². The summed E-state index contributed by atoms with van der Waals surface area (Å²) in [4.78, 5) is 21.7. The lowest BCUT2D eigenvalue weighted by atomic mass is 9.93. The molecule has 1 aliphatic heterocycles. The third-order valence-electron chi connectivity index (χ3n) is 5.09. The maximum absolute atomic E-state index is 12.4. The fourth-order valence-corrected chi connectivity index (χ4v) is 3.50. The number of amides is 1. The van der Waals surface area contributed by atoms with Crippen LogP contribution < -0.4 is 4.74 Å². The van der Waals surface area contributed by atoms with E-state index in [1.165, 1.54) is 16.8 Å². The summed E-state index contributed by atoms with van der Waals surface area (Å²) in [6, 6.07) is 16.2. The Kier molecular flexibility index (Phi) is 4.92. The van der Waals surface area contributed by atoms with Crippen LogP contribution in [0, 0.1) is 6.92 Å². The standard InChI is InChI=1S/C22H23N3O2/c1-16-7-8-20(15-23-16)27-22(26)25-11-9-18(10-12-25)21-13-19(14-24-21)17-5-3-2-4-6-17/h2-8,13-15,18,24H,9-12H2,1H3. The van der Waals surface area contributed by atoms with E-state index >= 15 is 0 Å². The van der Waals surface area contributed by atoms with Crippen molar-refractivity contribution in [1.29, 1.82) is 0 Å². The topological polar surface area (TPSA) is 58.2 Å². The molecule has 0 saturated carbocycles. The minimum Gasteiger partial charge on any atom is -0.409 e. The number of hydrogen-bond donors (Lipinski definition) is 1. The Bertz CT molecular complexity index is 895. The van der Waals surface area contributed by atoms with Crippen molar-refractivity contribution in [2.75, 3.05) is 13.1 Å². The fraction of sp³-hybridized carbons (Fsp3) is 0.273. The van der Waals surface area contributed by atoms with Crippen molar-refractivity contribution < 1.29 is 9.53 Å². The molecule has 0 unspecified atom stereocenters. The van der Waals surface area contributed by atoms with Crippen LogP contribution in [0.4, 0.5) is 4.79 Å². The number of carbonyl (C=O) groups is 1. The van der Waals surface area contributed by atoms with Gasteiger partial charge in [-0.25, -0.2) is 4.79 Å². The predicted octanol–water partition coefficient (Wildman–Crippen LogP) is 4.76. The van der Waals surface area contributed by atoms with Gasteiger partial charge in [0.05, 0.1) is 6.20 Å². The highest BCUT2D eigenvalue weighted by molar-refractivity contribution is 5.70. The number of carbonyl (C=O) groups excluding carboxylic acids is 1. The second-order valence-electron chi connectivity index (χ2n) is 6.97. The summed E-state index contributed by atoms with van der Waals surface area (Å²) in [7, 11) is 0. The molecule has 0 spiro atoms. The molecule has 1 amide bonds. The van der Waals surface area contributed by atoms with E-state index in [4.69, 9.17) is 4.74 Å². The number of aryl methyl sites for hydroxylation is 1. The van der Waals surface area contributed by atoms with Crippen LogP contribution in [-0.2, 0) is 0 Å². The molecule has 1 saturated heterocycles. The normalized spacial score (nSPS) is 14.9. The van der Waals surface area contributed by atoms with E-state index in [9.17, 15) is 4.79 Å². The van der Waals surface area contributed by atoms with E-state index in [0.717, 1.165) is 18.5 Å². The van der Waals surface area contributed by atoms with E-state index in [0.29, 0.717) is 24.8 Å². The second-order valence-corrected chi connectivity index (χ2v) is 6.97. The summed E-state index contributed by atoms with van der Waals surface area (Å²) in [6.07, 6.45) is 5.21. The molecule has 5 nitrogen and oxygen atoms in total. The van der Waals surface area contributed by atoms with E-state index in [2.05, 4.69) is 46.5 Å². The number of likely N-dealkylation sites (tertiary alicyclic amines) is 1. The lowest BCUT2D eigenvalue weighted by molar-refractivity contribution is 0.138. The summed E-state index contributed by atoms with van der Waals surface area (Å²) >= 11 is 0. The van der Waals surface area contributed by atoms with Gasteiger partial charge in [-0.1, -0.05) is 30.3 Å². The Morgan fingerprint density at radius 1 is 1.11 bits per heavy atom. The summed E-state index contributed by atoms with van der Waals surface area (Å²) in [6.45, 7) is 3.30. The Hall–Kier alpha value is -3.08. The molecule has 1 aromatic carbocycles. The van der Waals surface area contributed by atoms with Crippen molar-refractivity contribution in [1.82, 2.24) is 14.9 Å². The van der Waals surface area contributed by atoms with E-state index < -0.39 is 0 Å². The Morgan fingerprint density at radius 3 is 2.59 bits per heavy atom. The molecule has 27 heavy (non-hydrogen) atoms. The Balaban J connectivity index is 1.34. The minimum absolute atomic E-state index is 0.296. The highest BCUT2D eigenvalue weighted by atomic mass is 16.6. The first-order valence-electron chi connectivity index (χ1n) is 9.32. The molecule has 0 atom stereocenters. The molecule has 0 radical (unpaired) electrons. The number of benzene rings is 1. The second kappa shape index (κ2) is 7.66. The summed E-state index contributed by atoms with van der Waals surface area (Å²) in [5, 5.41) is 0. The van der Waals surface area contributed by atoms with Gasteiger partial charge < -0.3 is 14.6 Å². The van der Waals surface area contributed by atoms with Gasteiger partial charge in [0.25, 0.3) is 0 Å². The quantitative estimate of drug-likeness (QED) is 0.731. The van der Waals surface area contributed by atoms with Crippen LogP contribution in [0.5, 0.6) is 5.75 Å². The third-order valence-corrected chi connectivity index (χ3v) is 5.09. The molecular formula is C22H23N3O2. The minimum atomic E-state index is -0.296. The number of piperidine rings is 1. The zero-order valence-corrected chi connectivity index (χ0v) is 15.4. The Morgan fingerprint density at radius 2 is 1.89 bits per heavy atom. The van der Waals surface area contributed by atoms with Crippen LogP contribution in [0.1, 0.15) is 30.1 Å². The van der Waals surface area contributed by atoms with Crippen molar-refractivity contribution in [3.63, 3.8) is 0 Å². The van der Waals surface area contributed by atoms with Gasteiger partial charge in [-0.15, -0.1) is 0 Å². The maximum atomic E-state index is 12.4. The predicted molar refractivity (Wildman–Crippen MR) is 105 cm³/mol. The molecule has 3 aromatic rings. The number of rotatable bonds is 3. The van der Waals surface area contributed by atoms with Crippen LogP contribution >= 0.6 is 0 Å². The van der Waals surface area contributed by atoms with Crippen molar-refractivity contribution in [3.8, 4) is 16.9 Å². The number of ether oxygens (including phenoxy) is 1.